The third kappa shape index (κ3) is 3.25. The van der Waals surface area contributed by atoms with Gasteiger partial charge in [-0.3, -0.25) is 0 Å². The SMILES string of the molecule is Cn1cnnc1C1CCCN(C(=O)Nc2ccc(-n3cncn3)nc2)C1. The summed E-state index contributed by atoms with van der Waals surface area (Å²) in [5, 5.41) is 15.0. The van der Waals surface area contributed by atoms with Gasteiger partial charge in [-0.1, -0.05) is 0 Å². The van der Waals surface area contributed by atoms with Gasteiger partial charge in [0.15, 0.2) is 5.82 Å². The van der Waals surface area contributed by atoms with Crippen molar-refractivity contribution in [3.63, 3.8) is 0 Å². The normalized spacial score (nSPS) is 17.3. The fourth-order valence-electron chi connectivity index (χ4n) is 3.16. The molecular formula is C16H19N9O. The Labute approximate surface area is 149 Å². The quantitative estimate of drug-likeness (QED) is 0.758. The number of hydrogen-bond donors (Lipinski definition) is 1. The van der Waals surface area contributed by atoms with Crippen LogP contribution >= 0.6 is 0 Å². The van der Waals surface area contributed by atoms with Crippen molar-refractivity contribution in [1.29, 1.82) is 0 Å². The molecule has 10 heteroatoms. The van der Waals surface area contributed by atoms with E-state index >= 15 is 0 Å². The molecule has 2 amide bonds. The van der Waals surface area contributed by atoms with Crippen LogP contribution < -0.4 is 5.32 Å². The number of anilines is 1. The zero-order valence-electron chi connectivity index (χ0n) is 14.4. The van der Waals surface area contributed by atoms with E-state index in [9.17, 15) is 4.79 Å². The van der Waals surface area contributed by atoms with Gasteiger partial charge in [0.1, 0.15) is 24.8 Å². The molecule has 134 valence electrons. The van der Waals surface area contributed by atoms with Gasteiger partial charge in [-0.2, -0.15) is 5.10 Å². The van der Waals surface area contributed by atoms with E-state index in [-0.39, 0.29) is 11.9 Å². The molecule has 1 fully saturated rings. The minimum atomic E-state index is -0.132. The summed E-state index contributed by atoms with van der Waals surface area (Å²) in [6.07, 6.45) is 8.26. The average molecular weight is 353 g/mol. The first-order valence-corrected chi connectivity index (χ1v) is 8.41. The average Bonchev–Trinajstić information content (AvgIpc) is 3.34. The standard InChI is InChI=1S/C16H19N9O/c1-23-11-19-22-15(23)12-3-2-6-24(8-12)16(26)21-13-4-5-14(18-7-13)25-10-17-9-20-25/h4-5,7,9-12H,2-3,6,8H2,1H3,(H,21,26). The molecule has 10 nitrogen and oxygen atoms in total. The first-order valence-electron chi connectivity index (χ1n) is 8.41. The summed E-state index contributed by atoms with van der Waals surface area (Å²) in [6.45, 7) is 1.35. The highest BCUT2D eigenvalue weighted by Gasteiger charge is 2.27. The van der Waals surface area contributed by atoms with Crippen LogP contribution in [-0.4, -0.2) is 58.5 Å². The molecule has 1 unspecified atom stereocenters. The van der Waals surface area contributed by atoms with Gasteiger partial charge in [-0.15, -0.1) is 10.2 Å². The largest absolute Gasteiger partial charge is 0.324 e. The topological polar surface area (TPSA) is 107 Å². The number of amides is 2. The Balaban J connectivity index is 1.40. The first-order chi connectivity index (χ1) is 12.7. The summed E-state index contributed by atoms with van der Waals surface area (Å²) < 4.78 is 3.47. The molecule has 1 atom stereocenters. The molecule has 0 spiro atoms. The highest BCUT2D eigenvalue weighted by Crippen LogP contribution is 2.25. The number of aromatic nitrogens is 7. The number of nitrogens with one attached hydrogen (secondary N) is 1. The van der Waals surface area contributed by atoms with E-state index in [2.05, 4.69) is 30.6 Å². The van der Waals surface area contributed by atoms with Gasteiger partial charge < -0.3 is 14.8 Å². The lowest BCUT2D eigenvalue weighted by atomic mass is 9.97. The van der Waals surface area contributed by atoms with Crippen LogP contribution in [0.25, 0.3) is 5.82 Å². The van der Waals surface area contributed by atoms with Crippen LogP contribution in [-0.2, 0) is 7.05 Å². The summed E-state index contributed by atoms with van der Waals surface area (Å²) in [4.78, 5) is 22.6. The molecule has 4 heterocycles. The van der Waals surface area contributed by atoms with Crippen molar-refractivity contribution < 1.29 is 4.79 Å². The number of hydrogen-bond acceptors (Lipinski definition) is 6. The van der Waals surface area contributed by atoms with Crippen molar-refractivity contribution in [2.24, 2.45) is 7.05 Å². The predicted molar refractivity (Wildman–Crippen MR) is 92.7 cm³/mol. The summed E-state index contributed by atoms with van der Waals surface area (Å²) in [6, 6.07) is 3.45. The van der Waals surface area contributed by atoms with Crippen LogP contribution in [0.15, 0.2) is 37.3 Å². The first kappa shape index (κ1) is 16.2. The molecule has 1 N–H and O–H groups in total. The lowest BCUT2D eigenvalue weighted by Gasteiger charge is -2.32. The van der Waals surface area contributed by atoms with E-state index in [1.807, 2.05) is 16.5 Å². The van der Waals surface area contributed by atoms with Crippen molar-refractivity contribution in [3.05, 3.63) is 43.1 Å². The lowest BCUT2D eigenvalue weighted by molar-refractivity contribution is 0.190. The number of rotatable bonds is 3. The number of carbonyl (C=O) groups excluding carboxylic acids is 1. The maximum Gasteiger partial charge on any atom is 0.321 e. The number of carbonyl (C=O) groups is 1. The Kier molecular flexibility index (Phi) is 4.30. The maximum absolute atomic E-state index is 12.6. The number of piperidine rings is 1. The summed E-state index contributed by atoms with van der Waals surface area (Å²) in [5.74, 6) is 1.76. The zero-order valence-corrected chi connectivity index (χ0v) is 14.4. The predicted octanol–water partition coefficient (Wildman–Crippen LogP) is 1.20. The second-order valence-electron chi connectivity index (χ2n) is 6.26. The van der Waals surface area contributed by atoms with E-state index in [0.29, 0.717) is 18.1 Å². The maximum atomic E-state index is 12.6. The Hall–Kier alpha value is -3.30. The fourth-order valence-corrected chi connectivity index (χ4v) is 3.16. The minimum Gasteiger partial charge on any atom is -0.324 e. The molecule has 4 rings (SSSR count). The highest BCUT2D eigenvalue weighted by atomic mass is 16.2. The molecule has 3 aromatic heterocycles. The Morgan fingerprint density at radius 2 is 2.23 bits per heavy atom. The molecule has 1 aliphatic rings. The molecule has 0 saturated carbocycles. The van der Waals surface area contributed by atoms with E-state index in [0.717, 1.165) is 25.2 Å². The van der Waals surface area contributed by atoms with E-state index in [1.165, 1.54) is 6.33 Å². The van der Waals surface area contributed by atoms with E-state index in [4.69, 9.17) is 0 Å². The van der Waals surface area contributed by atoms with Gasteiger partial charge in [0.25, 0.3) is 0 Å². The second kappa shape index (κ2) is 6.90. The van der Waals surface area contributed by atoms with Crippen molar-refractivity contribution in [2.45, 2.75) is 18.8 Å². The number of aryl methyl sites for hydroxylation is 1. The Morgan fingerprint density at radius 1 is 1.31 bits per heavy atom. The van der Waals surface area contributed by atoms with Gasteiger partial charge >= 0.3 is 6.03 Å². The molecule has 1 aliphatic heterocycles. The number of nitrogens with zero attached hydrogens (tertiary/aromatic N) is 8. The van der Waals surface area contributed by atoms with Crippen LogP contribution in [0.1, 0.15) is 24.6 Å². The van der Waals surface area contributed by atoms with Crippen molar-refractivity contribution >= 4 is 11.7 Å². The molecule has 1 saturated heterocycles. The third-order valence-electron chi connectivity index (χ3n) is 4.47. The lowest BCUT2D eigenvalue weighted by Crippen LogP contribution is -2.42. The monoisotopic (exact) mass is 353 g/mol. The highest BCUT2D eigenvalue weighted by molar-refractivity contribution is 5.89. The Morgan fingerprint density at radius 3 is 2.92 bits per heavy atom. The molecule has 26 heavy (non-hydrogen) atoms. The number of likely N-dealkylation sites (tertiary alicyclic amines) is 1. The second-order valence-corrected chi connectivity index (χ2v) is 6.26. The van der Waals surface area contributed by atoms with Crippen LogP contribution in [0, 0.1) is 0 Å². The van der Waals surface area contributed by atoms with Gasteiger partial charge in [-0.25, -0.2) is 19.4 Å². The summed E-state index contributed by atoms with van der Waals surface area (Å²) in [5.41, 5.74) is 0.639. The fraction of sp³-hybridized carbons (Fsp3) is 0.375. The van der Waals surface area contributed by atoms with Gasteiger partial charge in [0.05, 0.1) is 11.9 Å². The zero-order chi connectivity index (χ0) is 17.9. The van der Waals surface area contributed by atoms with Crippen LogP contribution in [0.2, 0.25) is 0 Å². The molecular weight excluding hydrogens is 334 g/mol. The van der Waals surface area contributed by atoms with E-state index < -0.39 is 0 Å². The summed E-state index contributed by atoms with van der Waals surface area (Å²) >= 11 is 0. The molecule has 0 aromatic carbocycles. The van der Waals surface area contributed by atoms with E-state index in [1.54, 1.807) is 35.7 Å². The number of pyridine rings is 1. The Bertz CT molecular complexity index is 872. The van der Waals surface area contributed by atoms with Crippen molar-refractivity contribution in [3.8, 4) is 5.82 Å². The molecule has 0 bridgehead atoms. The van der Waals surface area contributed by atoms with Gasteiger partial charge in [0, 0.05) is 26.1 Å². The minimum absolute atomic E-state index is 0.132. The molecule has 0 aliphatic carbocycles. The molecule has 3 aromatic rings. The molecule has 0 radical (unpaired) electrons. The van der Waals surface area contributed by atoms with Crippen LogP contribution in [0.5, 0.6) is 0 Å². The van der Waals surface area contributed by atoms with Gasteiger partial charge in [-0.05, 0) is 25.0 Å². The van der Waals surface area contributed by atoms with Crippen molar-refractivity contribution in [1.82, 2.24) is 39.4 Å². The van der Waals surface area contributed by atoms with Crippen molar-refractivity contribution in [2.75, 3.05) is 18.4 Å². The number of urea groups is 1. The van der Waals surface area contributed by atoms with Crippen LogP contribution in [0.3, 0.4) is 0 Å². The van der Waals surface area contributed by atoms with Crippen LogP contribution in [0.4, 0.5) is 10.5 Å². The third-order valence-corrected chi connectivity index (χ3v) is 4.47. The smallest absolute Gasteiger partial charge is 0.321 e. The summed E-state index contributed by atoms with van der Waals surface area (Å²) in [7, 11) is 1.93. The van der Waals surface area contributed by atoms with Gasteiger partial charge in [0.2, 0.25) is 0 Å².